The van der Waals surface area contributed by atoms with E-state index in [1.807, 2.05) is 61.5 Å². The van der Waals surface area contributed by atoms with E-state index in [2.05, 4.69) is 4.98 Å². The second-order valence-electron chi connectivity index (χ2n) is 6.40. The smallest absolute Gasteiger partial charge is 0.355 e. The van der Waals surface area contributed by atoms with Crippen molar-refractivity contribution >= 4 is 28.5 Å². The Balaban J connectivity index is 1.91. The zero-order chi connectivity index (χ0) is 20.5. The summed E-state index contributed by atoms with van der Waals surface area (Å²) in [4.78, 5) is 16.3. The first-order chi connectivity index (χ1) is 14.0. The number of carboxylic acid groups (broad SMARTS) is 1. The maximum absolute atomic E-state index is 11.7. The number of nitrogens with zero attached hydrogens (tertiary/aromatic N) is 3. The largest absolute Gasteiger partial charge is 0.612 e. The van der Waals surface area contributed by atoms with Gasteiger partial charge < -0.3 is 9.66 Å². The third-order valence-corrected chi connectivity index (χ3v) is 6.27. The van der Waals surface area contributed by atoms with E-state index in [9.17, 15) is 14.5 Å². The predicted molar refractivity (Wildman–Crippen MR) is 114 cm³/mol. The quantitative estimate of drug-likeness (QED) is 0.480. The van der Waals surface area contributed by atoms with Crippen LogP contribution in [0.1, 0.15) is 16.1 Å². The number of aromatic carboxylic acids is 1. The second-order valence-corrected chi connectivity index (χ2v) is 8.62. The molecule has 146 valence electrons. The Bertz CT molecular complexity index is 1170. The number of thiazole rings is 1. The van der Waals surface area contributed by atoms with Crippen molar-refractivity contribution in [1.82, 2.24) is 14.8 Å². The molecule has 0 spiro atoms. The Morgan fingerprint density at radius 3 is 2.38 bits per heavy atom. The number of aromatic nitrogens is 3. The number of carboxylic acids is 1. The first-order valence-electron chi connectivity index (χ1n) is 8.74. The molecule has 8 heteroatoms. The van der Waals surface area contributed by atoms with Crippen molar-refractivity contribution in [3.05, 3.63) is 71.2 Å². The lowest BCUT2D eigenvalue weighted by Crippen LogP contribution is -2.02. The molecule has 0 aliphatic carbocycles. The van der Waals surface area contributed by atoms with Gasteiger partial charge in [0, 0.05) is 22.1 Å². The number of carbonyl (C=O) groups is 1. The molecule has 1 N–H and O–H groups in total. The van der Waals surface area contributed by atoms with Crippen LogP contribution in [0.25, 0.3) is 27.6 Å². The topological polar surface area (TPSA) is 91.1 Å². The normalized spacial score (nSPS) is 12.1. The van der Waals surface area contributed by atoms with E-state index in [4.69, 9.17) is 5.10 Å². The van der Waals surface area contributed by atoms with Gasteiger partial charge in [-0.25, -0.2) is 14.5 Å². The van der Waals surface area contributed by atoms with Crippen LogP contribution in [0.3, 0.4) is 0 Å². The molecule has 0 amide bonds. The molecule has 4 aromatic rings. The zero-order valence-electron chi connectivity index (χ0n) is 15.7. The molecule has 2 aromatic heterocycles. The molecule has 0 fully saturated rings. The van der Waals surface area contributed by atoms with Gasteiger partial charge in [0.05, 0.1) is 11.4 Å². The highest BCUT2D eigenvalue weighted by molar-refractivity contribution is 7.90. The average molecular weight is 424 g/mol. The van der Waals surface area contributed by atoms with Crippen molar-refractivity contribution in [3.63, 3.8) is 0 Å². The molecule has 0 saturated carbocycles. The molecule has 0 radical (unpaired) electrons. The van der Waals surface area contributed by atoms with Gasteiger partial charge in [0.15, 0.2) is 10.6 Å². The molecule has 0 bridgehead atoms. The molecule has 6 nitrogen and oxygen atoms in total. The van der Waals surface area contributed by atoms with Gasteiger partial charge in [0.2, 0.25) is 5.13 Å². The summed E-state index contributed by atoms with van der Waals surface area (Å²) in [5.74, 6) is -1.07. The van der Waals surface area contributed by atoms with E-state index < -0.39 is 17.1 Å². The highest BCUT2D eigenvalue weighted by Gasteiger charge is 2.21. The van der Waals surface area contributed by atoms with Crippen molar-refractivity contribution in [2.45, 2.75) is 11.8 Å². The van der Waals surface area contributed by atoms with Crippen molar-refractivity contribution in [2.75, 3.05) is 6.26 Å². The molecule has 0 aliphatic rings. The van der Waals surface area contributed by atoms with Gasteiger partial charge in [0.25, 0.3) is 0 Å². The first kappa shape index (κ1) is 19.4. The second kappa shape index (κ2) is 7.82. The summed E-state index contributed by atoms with van der Waals surface area (Å²) in [6, 6.07) is 17.3. The minimum Gasteiger partial charge on any atom is -0.612 e. The third-order valence-electron chi connectivity index (χ3n) is 4.52. The Labute approximate surface area is 174 Å². The molecule has 0 saturated heterocycles. The highest BCUT2D eigenvalue weighted by atomic mass is 32.2. The number of hydrogen-bond acceptors (Lipinski definition) is 5. The molecule has 0 aliphatic heterocycles. The van der Waals surface area contributed by atoms with Crippen LogP contribution in [-0.2, 0) is 11.2 Å². The van der Waals surface area contributed by atoms with Crippen molar-refractivity contribution in [2.24, 2.45) is 0 Å². The summed E-state index contributed by atoms with van der Waals surface area (Å²) < 4.78 is 13.4. The van der Waals surface area contributed by atoms with Crippen LogP contribution in [0.2, 0.25) is 0 Å². The van der Waals surface area contributed by atoms with Crippen LogP contribution in [0.15, 0.2) is 64.9 Å². The molecular formula is C21H17N3O3S2. The Morgan fingerprint density at radius 2 is 1.79 bits per heavy atom. The summed E-state index contributed by atoms with van der Waals surface area (Å²) in [5.41, 5.74) is 4.42. The summed E-state index contributed by atoms with van der Waals surface area (Å²) in [6.45, 7) is 1.98. The van der Waals surface area contributed by atoms with E-state index >= 15 is 0 Å². The predicted octanol–water partition coefficient (Wildman–Crippen LogP) is 4.41. The Kier molecular flexibility index (Phi) is 5.23. The fourth-order valence-corrected chi connectivity index (χ4v) is 4.38. The van der Waals surface area contributed by atoms with E-state index in [0.717, 1.165) is 33.0 Å². The van der Waals surface area contributed by atoms with Gasteiger partial charge in [-0.05, 0) is 42.4 Å². The summed E-state index contributed by atoms with van der Waals surface area (Å²) in [6.07, 6.45) is 1.64. The summed E-state index contributed by atoms with van der Waals surface area (Å²) in [5, 5.41) is 16.0. The van der Waals surface area contributed by atoms with Crippen molar-refractivity contribution < 1.29 is 14.5 Å². The van der Waals surface area contributed by atoms with Gasteiger partial charge in [-0.15, -0.1) is 11.3 Å². The average Bonchev–Trinajstić information content (AvgIpc) is 3.34. The fraction of sp³-hybridized carbons (Fsp3) is 0.0952. The molecule has 1 unspecified atom stereocenters. The highest BCUT2D eigenvalue weighted by Crippen LogP contribution is 2.34. The van der Waals surface area contributed by atoms with E-state index in [-0.39, 0.29) is 5.69 Å². The van der Waals surface area contributed by atoms with E-state index in [0.29, 0.717) is 5.13 Å². The van der Waals surface area contributed by atoms with Gasteiger partial charge in [0.1, 0.15) is 6.26 Å². The van der Waals surface area contributed by atoms with Crippen molar-refractivity contribution in [1.29, 1.82) is 0 Å². The van der Waals surface area contributed by atoms with E-state index in [1.54, 1.807) is 10.9 Å². The molecule has 1 atom stereocenters. The molecule has 29 heavy (non-hydrogen) atoms. The molecule has 2 heterocycles. The minimum atomic E-state index is -1.07. The van der Waals surface area contributed by atoms with E-state index in [1.165, 1.54) is 16.7 Å². The number of hydrogen-bond donors (Lipinski definition) is 1. The summed E-state index contributed by atoms with van der Waals surface area (Å²) in [7, 11) is 0. The lowest BCUT2D eigenvalue weighted by Gasteiger charge is -2.08. The van der Waals surface area contributed by atoms with Gasteiger partial charge >= 0.3 is 5.97 Å². The Morgan fingerprint density at radius 1 is 1.10 bits per heavy atom. The minimum absolute atomic E-state index is 0.0120. The van der Waals surface area contributed by atoms with Crippen LogP contribution >= 0.6 is 11.3 Å². The van der Waals surface area contributed by atoms with Crippen LogP contribution in [0.5, 0.6) is 0 Å². The lowest BCUT2D eigenvalue weighted by molar-refractivity contribution is 0.0691. The Hall–Kier alpha value is -2.94. The molecule has 4 rings (SSSR count). The van der Waals surface area contributed by atoms with Crippen LogP contribution in [0.4, 0.5) is 0 Å². The maximum Gasteiger partial charge on any atom is 0.355 e. The third kappa shape index (κ3) is 3.69. The van der Waals surface area contributed by atoms with Crippen LogP contribution < -0.4 is 0 Å². The molecular weight excluding hydrogens is 406 g/mol. The summed E-state index contributed by atoms with van der Waals surface area (Å²) >= 11 is 0.160. The number of benzene rings is 2. The monoisotopic (exact) mass is 423 g/mol. The molecule has 2 aromatic carbocycles. The van der Waals surface area contributed by atoms with Crippen LogP contribution in [0, 0.1) is 6.92 Å². The lowest BCUT2D eigenvalue weighted by atomic mass is 10.0. The first-order valence-corrected chi connectivity index (χ1v) is 11.2. The fourth-order valence-electron chi connectivity index (χ4n) is 3.11. The van der Waals surface area contributed by atoms with Gasteiger partial charge in [-0.2, -0.15) is 5.10 Å². The number of rotatable bonds is 5. The SMILES string of the molecule is Cc1c(-c2ccccc2)nn(-c2nc(C(=O)O)cs2)c1-c1ccc([S+](C)[O-])cc1. The van der Waals surface area contributed by atoms with Gasteiger partial charge in [-0.3, -0.25) is 0 Å². The van der Waals surface area contributed by atoms with Crippen LogP contribution in [-0.4, -0.2) is 36.6 Å². The zero-order valence-corrected chi connectivity index (χ0v) is 17.3. The van der Waals surface area contributed by atoms with Gasteiger partial charge in [-0.1, -0.05) is 30.3 Å². The maximum atomic E-state index is 11.7. The standard InChI is InChI=1S/C21H17N3O3S2/c1-13-18(14-6-4-3-5-7-14)23-24(21-22-17(12-28-21)20(25)26)19(13)15-8-10-16(11-9-15)29(2)27/h3-12H,1-2H3,(H,25,26). The van der Waals surface area contributed by atoms with Crippen molar-refractivity contribution in [3.8, 4) is 27.6 Å².